The molecule has 2 N–H and O–H groups in total. The van der Waals surface area contributed by atoms with Gasteiger partial charge in [0, 0.05) is 25.9 Å². The SMILES string of the molecule is CCN(CC)C(=O)CCCC(=O)NC(C(=O)O)c1ccc(OC)c(F)c1. The summed E-state index contributed by atoms with van der Waals surface area (Å²) in [7, 11) is 1.30. The van der Waals surface area contributed by atoms with Crippen LogP contribution in [0.25, 0.3) is 0 Å². The Morgan fingerprint density at radius 3 is 2.38 bits per heavy atom. The molecule has 8 heteroatoms. The van der Waals surface area contributed by atoms with Crippen LogP contribution in [0.15, 0.2) is 18.2 Å². The first-order chi connectivity index (χ1) is 12.3. The molecule has 2 amide bonds. The highest BCUT2D eigenvalue weighted by Gasteiger charge is 2.23. The molecular weight excluding hydrogens is 343 g/mol. The molecule has 0 heterocycles. The molecule has 0 radical (unpaired) electrons. The fourth-order valence-corrected chi connectivity index (χ4v) is 2.52. The van der Waals surface area contributed by atoms with Gasteiger partial charge in [-0.3, -0.25) is 9.59 Å². The summed E-state index contributed by atoms with van der Waals surface area (Å²) < 4.78 is 18.6. The molecule has 0 fully saturated rings. The molecule has 0 aromatic heterocycles. The number of aliphatic carboxylic acids is 1. The summed E-state index contributed by atoms with van der Waals surface area (Å²) in [6.45, 7) is 4.95. The van der Waals surface area contributed by atoms with E-state index in [2.05, 4.69) is 5.32 Å². The van der Waals surface area contributed by atoms with Crippen LogP contribution in [0, 0.1) is 5.82 Å². The highest BCUT2D eigenvalue weighted by atomic mass is 19.1. The maximum atomic E-state index is 13.8. The smallest absolute Gasteiger partial charge is 0.330 e. The van der Waals surface area contributed by atoms with Crippen molar-refractivity contribution in [1.82, 2.24) is 10.2 Å². The molecule has 0 spiro atoms. The van der Waals surface area contributed by atoms with Crippen LogP contribution in [0.4, 0.5) is 4.39 Å². The first-order valence-electron chi connectivity index (χ1n) is 8.47. The van der Waals surface area contributed by atoms with Crippen molar-refractivity contribution in [3.8, 4) is 5.75 Å². The minimum atomic E-state index is -1.37. The molecule has 1 aromatic carbocycles. The van der Waals surface area contributed by atoms with Gasteiger partial charge in [0.15, 0.2) is 17.6 Å². The maximum absolute atomic E-state index is 13.8. The van der Waals surface area contributed by atoms with E-state index in [1.54, 1.807) is 4.90 Å². The first kappa shape index (κ1) is 21.4. The quantitative estimate of drug-likeness (QED) is 0.659. The lowest BCUT2D eigenvalue weighted by Gasteiger charge is -2.18. The van der Waals surface area contributed by atoms with Crippen LogP contribution < -0.4 is 10.1 Å². The number of halogens is 1. The van der Waals surface area contributed by atoms with E-state index in [-0.39, 0.29) is 30.1 Å². The number of carbonyl (C=O) groups is 3. The van der Waals surface area contributed by atoms with Crippen molar-refractivity contribution in [2.75, 3.05) is 20.2 Å². The Hall–Kier alpha value is -2.64. The molecule has 1 aromatic rings. The zero-order valence-corrected chi connectivity index (χ0v) is 15.3. The number of benzene rings is 1. The van der Waals surface area contributed by atoms with Crippen molar-refractivity contribution in [2.45, 2.75) is 39.2 Å². The summed E-state index contributed by atoms with van der Waals surface area (Å²) >= 11 is 0. The van der Waals surface area contributed by atoms with Crippen molar-refractivity contribution in [3.05, 3.63) is 29.6 Å². The van der Waals surface area contributed by atoms with Gasteiger partial charge in [0.25, 0.3) is 0 Å². The Bertz CT molecular complexity index is 646. The molecule has 1 atom stereocenters. The fraction of sp³-hybridized carbons (Fsp3) is 0.500. The molecule has 0 bridgehead atoms. The van der Waals surface area contributed by atoms with Crippen LogP contribution >= 0.6 is 0 Å². The number of carbonyl (C=O) groups excluding carboxylic acids is 2. The lowest BCUT2D eigenvalue weighted by molar-refractivity contribution is -0.142. The normalized spacial score (nSPS) is 11.5. The van der Waals surface area contributed by atoms with Gasteiger partial charge in [-0.05, 0) is 38.0 Å². The molecular formula is C18H25FN2O5. The van der Waals surface area contributed by atoms with E-state index in [4.69, 9.17) is 4.74 Å². The Morgan fingerprint density at radius 2 is 1.88 bits per heavy atom. The third-order valence-electron chi connectivity index (χ3n) is 3.97. The summed E-state index contributed by atoms with van der Waals surface area (Å²) in [5, 5.41) is 11.7. The van der Waals surface area contributed by atoms with E-state index in [9.17, 15) is 23.9 Å². The van der Waals surface area contributed by atoms with Gasteiger partial charge in [-0.15, -0.1) is 0 Å². The average Bonchev–Trinajstić information content (AvgIpc) is 2.60. The van der Waals surface area contributed by atoms with Gasteiger partial charge in [-0.2, -0.15) is 0 Å². The number of methoxy groups -OCH3 is 1. The van der Waals surface area contributed by atoms with Gasteiger partial charge in [-0.25, -0.2) is 9.18 Å². The predicted octanol–water partition coefficient (Wildman–Crippen LogP) is 2.11. The van der Waals surface area contributed by atoms with E-state index >= 15 is 0 Å². The summed E-state index contributed by atoms with van der Waals surface area (Å²) in [5.41, 5.74) is 0.100. The summed E-state index contributed by atoms with van der Waals surface area (Å²) in [6.07, 6.45) is 0.532. The predicted molar refractivity (Wildman–Crippen MR) is 93.3 cm³/mol. The number of rotatable bonds is 10. The average molecular weight is 368 g/mol. The van der Waals surface area contributed by atoms with Crippen LogP contribution in [0.2, 0.25) is 0 Å². The highest BCUT2D eigenvalue weighted by Crippen LogP contribution is 2.22. The summed E-state index contributed by atoms with van der Waals surface area (Å²) in [5.74, 6) is -2.59. The maximum Gasteiger partial charge on any atom is 0.330 e. The second-order valence-electron chi connectivity index (χ2n) is 5.65. The number of nitrogens with one attached hydrogen (secondary N) is 1. The number of hydrogen-bond donors (Lipinski definition) is 2. The second kappa shape index (κ2) is 10.4. The molecule has 0 saturated carbocycles. The van der Waals surface area contributed by atoms with Crippen LogP contribution in [0.1, 0.15) is 44.7 Å². The van der Waals surface area contributed by atoms with Gasteiger partial charge >= 0.3 is 5.97 Å². The van der Waals surface area contributed by atoms with E-state index < -0.39 is 23.7 Å². The molecule has 26 heavy (non-hydrogen) atoms. The topological polar surface area (TPSA) is 95.9 Å². The molecule has 7 nitrogen and oxygen atoms in total. The number of nitrogens with zero attached hydrogens (tertiary/aromatic N) is 1. The summed E-state index contributed by atoms with van der Waals surface area (Å²) in [4.78, 5) is 37.0. The molecule has 144 valence electrons. The van der Waals surface area contributed by atoms with Gasteiger partial charge in [0.05, 0.1) is 7.11 Å². The number of amides is 2. The van der Waals surface area contributed by atoms with Crippen LogP contribution in [0.5, 0.6) is 5.75 Å². The number of hydrogen-bond acceptors (Lipinski definition) is 4. The largest absolute Gasteiger partial charge is 0.494 e. The van der Waals surface area contributed by atoms with E-state index in [0.717, 1.165) is 6.07 Å². The van der Waals surface area contributed by atoms with Crippen molar-refractivity contribution < 1.29 is 28.6 Å². The van der Waals surface area contributed by atoms with Crippen LogP contribution in [-0.2, 0) is 14.4 Å². The van der Waals surface area contributed by atoms with Crippen LogP contribution in [-0.4, -0.2) is 48.0 Å². The third kappa shape index (κ3) is 6.02. The molecule has 1 unspecified atom stereocenters. The Balaban J connectivity index is 2.65. The minimum Gasteiger partial charge on any atom is -0.494 e. The van der Waals surface area contributed by atoms with Crippen molar-refractivity contribution in [2.24, 2.45) is 0 Å². The van der Waals surface area contributed by atoms with Crippen molar-refractivity contribution in [1.29, 1.82) is 0 Å². The summed E-state index contributed by atoms with van der Waals surface area (Å²) in [6, 6.07) is 2.32. The van der Waals surface area contributed by atoms with E-state index in [1.807, 2.05) is 13.8 Å². The Morgan fingerprint density at radius 1 is 1.23 bits per heavy atom. The van der Waals surface area contributed by atoms with Crippen molar-refractivity contribution in [3.63, 3.8) is 0 Å². The Kier molecular flexibility index (Phi) is 8.54. The lowest BCUT2D eigenvalue weighted by atomic mass is 10.1. The van der Waals surface area contributed by atoms with Gasteiger partial charge in [-0.1, -0.05) is 6.07 Å². The fourth-order valence-electron chi connectivity index (χ4n) is 2.52. The molecule has 1 rings (SSSR count). The van der Waals surface area contributed by atoms with Crippen molar-refractivity contribution >= 4 is 17.8 Å². The third-order valence-corrected chi connectivity index (χ3v) is 3.97. The standard InChI is InChI=1S/C18H25FN2O5/c1-4-21(5-2)16(23)8-6-7-15(22)20-17(18(24)25)12-9-10-14(26-3)13(19)11-12/h9-11,17H,4-8H2,1-3H3,(H,20,22)(H,24,25). The van der Waals surface area contributed by atoms with Gasteiger partial charge in [0.1, 0.15) is 0 Å². The second-order valence-corrected chi connectivity index (χ2v) is 5.65. The zero-order valence-electron chi connectivity index (χ0n) is 15.3. The molecule has 0 aliphatic heterocycles. The molecule has 0 aliphatic carbocycles. The van der Waals surface area contributed by atoms with E-state index in [1.165, 1.54) is 19.2 Å². The lowest BCUT2D eigenvalue weighted by Crippen LogP contribution is -2.34. The first-order valence-corrected chi connectivity index (χ1v) is 8.47. The monoisotopic (exact) mass is 368 g/mol. The number of carboxylic acid groups (broad SMARTS) is 1. The highest BCUT2D eigenvalue weighted by molar-refractivity contribution is 5.85. The molecule has 0 saturated heterocycles. The number of carboxylic acids is 1. The molecule has 0 aliphatic rings. The minimum absolute atomic E-state index is 0.00935. The zero-order chi connectivity index (χ0) is 19.7. The van der Waals surface area contributed by atoms with E-state index in [0.29, 0.717) is 19.5 Å². The van der Waals surface area contributed by atoms with Gasteiger partial charge in [0.2, 0.25) is 11.8 Å². The van der Waals surface area contributed by atoms with Crippen LogP contribution in [0.3, 0.4) is 0 Å². The number of ether oxygens (including phenoxy) is 1. The Labute approximate surface area is 152 Å². The van der Waals surface area contributed by atoms with Gasteiger partial charge < -0.3 is 20.1 Å².